The number of para-hydroxylation sites is 3. The Morgan fingerprint density at radius 2 is 0.889 bits per heavy atom. The first-order chi connectivity index (χ1) is 29.2. The van der Waals surface area contributed by atoms with Crippen LogP contribution in [0.3, 0.4) is 0 Å². The third-order valence-electron chi connectivity index (χ3n) is 11.4. The van der Waals surface area contributed by atoms with Crippen molar-refractivity contribution in [2.24, 2.45) is 0 Å². The minimum atomic E-state index is -3.59. The molecule has 0 radical (unpaired) electrons. The van der Waals surface area contributed by atoms with Gasteiger partial charge >= 0.3 is 30.6 Å². The number of rotatable bonds is 10. The van der Waals surface area contributed by atoms with Crippen LogP contribution in [0.5, 0.6) is 0 Å². The molecule has 63 heavy (non-hydrogen) atoms. The van der Waals surface area contributed by atoms with E-state index >= 15 is 0 Å². The van der Waals surface area contributed by atoms with Crippen molar-refractivity contribution in [3.8, 4) is 0 Å². The zero-order valence-electron chi connectivity index (χ0n) is 39.5. The molecule has 1 saturated carbocycles. The Morgan fingerprint density at radius 3 is 1.25 bits per heavy atom. The van der Waals surface area contributed by atoms with Gasteiger partial charge in [0.2, 0.25) is 0 Å². The second kappa shape index (κ2) is 19.2. The van der Waals surface area contributed by atoms with Crippen molar-refractivity contribution in [1.29, 1.82) is 0 Å². The highest BCUT2D eigenvalue weighted by Gasteiger charge is 2.32. The van der Waals surface area contributed by atoms with Gasteiger partial charge in [0.05, 0.1) is 16.6 Å². The van der Waals surface area contributed by atoms with E-state index in [4.69, 9.17) is 0 Å². The van der Waals surface area contributed by atoms with Gasteiger partial charge in [0.15, 0.2) is 0 Å². The van der Waals surface area contributed by atoms with E-state index in [0.717, 1.165) is 69.6 Å². The molecule has 0 unspecified atom stereocenters. The van der Waals surface area contributed by atoms with E-state index in [1.807, 2.05) is 114 Å². The van der Waals surface area contributed by atoms with Gasteiger partial charge in [0.1, 0.15) is 0 Å². The third kappa shape index (κ3) is 11.5. The van der Waals surface area contributed by atoms with Gasteiger partial charge in [0.25, 0.3) is 0 Å². The molecule has 15 heteroatoms. The van der Waals surface area contributed by atoms with Crippen LogP contribution in [0.25, 0.3) is 32.7 Å². The molecule has 6 aromatic rings. The van der Waals surface area contributed by atoms with Crippen LogP contribution in [0.2, 0.25) is 0 Å². The summed E-state index contributed by atoms with van der Waals surface area (Å²) in [5.41, 5.74) is 4.39. The molecule has 346 valence electrons. The van der Waals surface area contributed by atoms with Crippen molar-refractivity contribution in [1.82, 2.24) is 25.7 Å². The predicted molar refractivity (Wildman–Crippen MR) is 261 cm³/mol. The Morgan fingerprint density at radius 1 is 0.540 bits per heavy atom. The molecule has 3 heterocycles. The molecule has 1 aliphatic carbocycles. The lowest BCUT2D eigenvalue weighted by Gasteiger charge is -2.31. The van der Waals surface area contributed by atoms with Crippen LogP contribution < -0.4 is 9.44 Å². The van der Waals surface area contributed by atoms with E-state index in [9.17, 15) is 25.3 Å². The average molecular weight is 923 g/mol. The largest absolute Gasteiger partial charge is 0.308 e. The molecule has 0 aliphatic heterocycles. The number of fused-ring (bicyclic) bond motifs is 3. The second-order valence-electron chi connectivity index (χ2n) is 19.6. The van der Waals surface area contributed by atoms with E-state index < -0.39 is 41.7 Å². The van der Waals surface area contributed by atoms with Crippen LogP contribution in [0.4, 0.5) is 0 Å². The summed E-state index contributed by atoms with van der Waals surface area (Å²) >= 11 is 0. The second-order valence-corrected chi connectivity index (χ2v) is 24.6. The van der Waals surface area contributed by atoms with E-state index in [0.29, 0.717) is 5.52 Å². The van der Waals surface area contributed by atoms with Gasteiger partial charge in [-0.1, -0.05) is 115 Å². The first kappa shape index (κ1) is 50.0. The summed E-state index contributed by atoms with van der Waals surface area (Å²) in [5.74, 6) is 0.827. The lowest BCUT2D eigenvalue weighted by Crippen LogP contribution is -2.44. The Hall–Kier alpha value is -3.99. The molecule has 7 rings (SSSR count). The topological polar surface area (TPSA) is 145 Å². The SMILES string of the molecule is CC(C)c1cn(S(=O)(=O)N(C)C(C)(C)C)c2ccccc12.CC(C)c1cn(S(=O)(=O)NC(C)(C)C)c2ccccc12.CC(C)c1cn(S(=O)(=O)NC2CCCCC2)c2ccccc12. The van der Waals surface area contributed by atoms with Gasteiger partial charge in [-0.15, -0.1) is 0 Å². The summed E-state index contributed by atoms with van der Waals surface area (Å²) in [5, 5.41) is 3.01. The smallest absolute Gasteiger partial charge is 0.232 e. The summed E-state index contributed by atoms with van der Waals surface area (Å²) in [7, 11) is -9.08. The third-order valence-corrected chi connectivity index (χ3v) is 16.6. The van der Waals surface area contributed by atoms with Gasteiger partial charge in [-0.25, -0.2) is 11.9 Å². The van der Waals surface area contributed by atoms with Crippen LogP contribution in [0, 0.1) is 0 Å². The fourth-order valence-corrected chi connectivity index (χ4v) is 12.5. The van der Waals surface area contributed by atoms with Gasteiger partial charge in [-0.05, 0) is 107 Å². The normalized spacial score (nSPS) is 14.8. The number of nitrogens with zero attached hydrogens (tertiary/aromatic N) is 4. The fraction of sp³-hybridized carbons (Fsp3) is 0.500. The van der Waals surface area contributed by atoms with Crippen molar-refractivity contribution in [2.75, 3.05) is 7.05 Å². The Kier molecular flexibility index (Phi) is 15.3. The maximum Gasteiger partial charge on any atom is 0.308 e. The molecule has 1 aliphatic rings. The van der Waals surface area contributed by atoms with E-state index in [-0.39, 0.29) is 23.8 Å². The zero-order chi connectivity index (χ0) is 46.9. The summed E-state index contributed by atoms with van der Waals surface area (Å²) in [4.78, 5) is 0. The average Bonchev–Trinajstić information content (AvgIpc) is 3.91. The van der Waals surface area contributed by atoms with E-state index in [1.165, 1.54) is 22.6 Å². The molecule has 0 atom stereocenters. The lowest BCUT2D eigenvalue weighted by molar-refractivity contribution is 0.289. The van der Waals surface area contributed by atoms with Crippen LogP contribution >= 0.6 is 0 Å². The number of nitrogens with one attached hydrogen (secondary N) is 2. The molecule has 3 aromatic heterocycles. The lowest BCUT2D eigenvalue weighted by atomic mass is 9.96. The van der Waals surface area contributed by atoms with Crippen molar-refractivity contribution < 1.29 is 25.3 Å². The van der Waals surface area contributed by atoms with Crippen molar-refractivity contribution >= 4 is 63.3 Å². The maximum atomic E-state index is 12.9. The van der Waals surface area contributed by atoms with Crippen molar-refractivity contribution in [2.45, 2.75) is 150 Å². The summed E-state index contributed by atoms with van der Waals surface area (Å²) in [6, 6.07) is 23.0. The van der Waals surface area contributed by atoms with Crippen molar-refractivity contribution in [3.63, 3.8) is 0 Å². The van der Waals surface area contributed by atoms with E-state index in [1.54, 1.807) is 25.6 Å². The molecule has 0 bridgehead atoms. The van der Waals surface area contributed by atoms with Crippen LogP contribution in [-0.4, -0.2) is 65.6 Å². The van der Waals surface area contributed by atoms with Crippen LogP contribution in [-0.2, 0) is 30.6 Å². The Bertz CT molecular complexity index is 2850. The predicted octanol–water partition coefficient (Wildman–Crippen LogP) is 10.6. The molecule has 12 nitrogen and oxygen atoms in total. The molecule has 0 amide bonds. The molecule has 1 fully saturated rings. The molecule has 0 spiro atoms. The molecule has 2 N–H and O–H groups in total. The summed E-state index contributed by atoms with van der Waals surface area (Å²) < 4.78 is 87.7. The molecular formula is C48H70N6O6S3. The van der Waals surface area contributed by atoms with Gasteiger partial charge in [-0.2, -0.15) is 39.0 Å². The monoisotopic (exact) mass is 922 g/mol. The molecule has 0 saturated heterocycles. The summed E-state index contributed by atoms with van der Waals surface area (Å²) in [6.07, 6.45) is 10.6. The first-order valence-electron chi connectivity index (χ1n) is 22.0. The van der Waals surface area contributed by atoms with Gasteiger partial charge < -0.3 is 0 Å². The zero-order valence-corrected chi connectivity index (χ0v) is 41.9. The molecule has 3 aromatic carbocycles. The highest BCUT2D eigenvalue weighted by molar-refractivity contribution is 7.88. The number of aromatic nitrogens is 3. The number of hydrogen-bond acceptors (Lipinski definition) is 6. The minimum absolute atomic E-state index is 0.0717. The Balaban J connectivity index is 0.000000178. The van der Waals surface area contributed by atoms with Gasteiger partial charge in [0, 0.05) is 58.9 Å². The van der Waals surface area contributed by atoms with Crippen molar-refractivity contribution in [3.05, 3.63) is 108 Å². The highest BCUT2D eigenvalue weighted by Crippen LogP contribution is 2.32. The highest BCUT2D eigenvalue weighted by atomic mass is 32.2. The quantitative estimate of drug-likeness (QED) is 0.140. The van der Waals surface area contributed by atoms with Crippen LogP contribution in [0.15, 0.2) is 91.4 Å². The van der Waals surface area contributed by atoms with Crippen LogP contribution in [0.1, 0.15) is 150 Å². The number of benzene rings is 3. The molecular weight excluding hydrogens is 853 g/mol. The summed E-state index contributed by atoms with van der Waals surface area (Å²) in [6.45, 7) is 23.6. The number of hydrogen-bond donors (Lipinski definition) is 2. The minimum Gasteiger partial charge on any atom is -0.232 e. The Labute approximate surface area is 377 Å². The first-order valence-corrected chi connectivity index (χ1v) is 26.3. The standard InChI is InChI=1S/C17H24N2O2S.C16H24N2O2S.C15H22N2O2S/c1-13(2)16-12-19(17-11-7-6-10-15(16)17)22(20,21)18-14-8-4-3-5-9-14;1-12(2)14-11-18(15-10-8-7-9-13(14)15)21(19,20)17(6)16(3,4)5;1-11(2)13-10-17(14-9-7-6-8-12(13)14)20(18,19)16-15(3,4)5/h6-7,10-14,18H,3-5,8-9H2,1-2H3;7-12H,1-6H3;6-11,16H,1-5H3. The maximum absolute atomic E-state index is 12.9. The fourth-order valence-electron chi connectivity index (χ4n) is 7.90. The van der Waals surface area contributed by atoms with E-state index in [2.05, 4.69) is 51.0 Å². The van der Waals surface area contributed by atoms with Gasteiger partial charge in [-0.3, -0.25) is 0 Å².